The molecule has 0 bridgehead atoms. The normalized spacial score (nSPS) is 11.8. The van der Waals surface area contributed by atoms with Crippen molar-refractivity contribution in [3.63, 3.8) is 0 Å². The fourth-order valence-corrected chi connectivity index (χ4v) is 3.24. The number of hydrogen-bond donors (Lipinski definition) is 1. The van der Waals surface area contributed by atoms with Gasteiger partial charge in [-0.1, -0.05) is 66.2 Å². The van der Waals surface area contributed by atoms with E-state index in [-0.39, 0.29) is 11.5 Å². The first kappa shape index (κ1) is 19.7. The number of amides is 1. The third-order valence-corrected chi connectivity index (χ3v) is 4.91. The molecule has 150 valence electrons. The zero-order chi connectivity index (χ0) is 21.1. The Morgan fingerprint density at radius 3 is 2.37 bits per heavy atom. The van der Waals surface area contributed by atoms with Gasteiger partial charge in [0.2, 0.25) is 5.78 Å². The highest BCUT2D eigenvalue weighted by atomic mass is 35.5. The van der Waals surface area contributed by atoms with E-state index in [2.05, 4.69) is 5.32 Å². The van der Waals surface area contributed by atoms with Gasteiger partial charge in [-0.15, -0.1) is 0 Å². The Bertz CT molecular complexity index is 1220. The lowest BCUT2D eigenvalue weighted by Gasteiger charge is -2.15. The second kappa shape index (κ2) is 8.43. The number of rotatable bonds is 6. The molecule has 30 heavy (non-hydrogen) atoms. The molecule has 0 unspecified atom stereocenters. The van der Waals surface area contributed by atoms with E-state index in [1.807, 2.05) is 12.1 Å². The van der Waals surface area contributed by atoms with Crippen LogP contribution in [0, 0.1) is 0 Å². The summed E-state index contributed by atoms with van der Waals surface area (Å²) >= 11 is 6.11. The van der Waals surface area contributed by atoms with Gasteiger partial charge < -0.3 is 14.5 Å². The summed E-state index contributed by atoms with van der Waals surface area (Å²) in [5, 5.41) is 3.84. The number of ether oxygens (including phenoxy) is 1. The Balaban J connectivity index is 1.65. The number of fused-ring (bicyclic) bond motifs is 1. The molecule has 5 nitrogen and oxygen atoms in total. The van der Waals surface area contributed by atoms with Crippen molar-refractivity contribution in [1.82, 2.24) is 0 Å². The van der Waals surface area contributed by atoms with Gasteiger partial charge in [0.05, 0.1) is 10.7 Å². The smallest absolute Gasteiger partial charge is 0.265 e. The van der Waals surface area contributed by atoms with Crippen molar-refractivity contribution in [2.45, 2.75) is 13.0 Å². The van der Waals surface area contributed by atoms with Crippen LogP contribution >= 0.6 is 11.6 Å². The third-order valence-electron chi connectivity index (χ3n) is 4.60. The number of anilines is 1. The van der Waals surface area contributed by atoms with Crippen molar-refractivity contribution < 1.29 is 18.7 Å². The zero-order valence-electron chi connectivity index (χ0n) is 16.1. The first-order chi connectivity index (χ1) is 14.5. The number of nitrogens with one attached hydrogen (secondary N) is 1. The molecule has 3 aromatic carbocycles. The fourth-order valence-electron chi connectivity index (χ4n) is 3.06. The lowest BCUT2D eigenvalue weighted by molar-refractivity contribution is -0.122. The van der Waals surface area contributed by atoms with Crippen LogP contribution in [0.25, 0.3) is 11.0 Å². The predicted molar refractivity (Wildman–Crippen MR) is 116 cm³/mol. The highest BCUT2D eigenvalue weighted by molar-refractivity contribution is 6.32. The van der Waals surface area contributed by atoms with Crippen molar-refractivity contribution >= 4 is 39.9 Å². The van der Waals surface area contributed by atoms with Gasteiger partial charge in [-0.25, -0.2) is 0 Å². The molecule has 1 atom stereocenters. The maximum atomic E-state index is 13.0. The standard InChI is InChI=1S/C24H18ClNO4/c1-15(29-20-14-8-6-12-18(20)25)24(28)26-21-17-11-5-7-13-19(17)30-23(21)22(27)16-9-3-2-4-10-16/h2-15H,1H3,(H,26,28)/t15-/m0/s1. The summed E-state index contributed by atoms with van der Waals surface area (Å²) < 4.78 is 11.5. The van der Waals surface area contributed by atoms with E-state index in [4.69, 9.17) is 20.8 Å². The summed E-state index contributed by atoms with van der Waals surface area (Å²) in [5.74, 6) is -0.273. The van der Waals surface area contributed by atoms with Gasteiger partial charge >= 0.3 is 0 Å². The molecule has 0 saturated heterocycles. The van der Waals surface area contributed by atoms with Gasteiger partial charge in [-0.3, -0.25) is 9.59 Å². The Morgan fingerprint density at radius 2 is 1.60 bits per heavy atom. The van der Waals surface area contributed by atoms with Gasteiger partial charge in [0, 0.05) is 10.9 Å². The minimum atomic E-state index is -0.849. The SMILES string of the molecule is C[C@H](Oc1ccccc1Cl)C(=O)Nc1c(C(=O)c2ccccc2)oc2ccccc12. The predicted octanol–water partition coefficient (Wildman–Crippen LogP) is 5.72. The largest absolute Gasteiger partial charge is 0.479 e. The Hall–Kier alpha value is -3.57. The third kappa shape index (κ3) is 3.93. The number of furan rings is 1. The fraction of sp³-hybridized carbons (Fsp3) is 0.0833. The topological polar surface area (TPSA) is 68.5 Å². The molecule has 6 heteroatoms. The van der Waals surface area contributed by atoms with E-state index in [1.165, 1.54) is 0 Å². The van der Waals surface area contributed by atoms with Crippen LogP contribution < -0.4 is 10.1 Å². The van der Waals surface area contributed by atoms with Crippen molar-refractivity contribution in [1.29, 1.82) is 0 Å². The first-order valence-corrected chi connectivity index (χ1v) is 9.75. The van der Waals surface area contributed by atoms with E-state index >= 15 is 0 Å². The van der Waals surface area contributed by atoms with Gasteiger partial charge in [-0.2, -0.15) is 0 Å². The van der Waals surface area contributed by atoms with E-state index in [0.29, 0.717) is 33.0 Å². The molecule has 1 N–H and O–H groups in total. The highest BCUT2D eigenvalue weighted by Crippen LogP contribution is 2.33. The van der Waals surface area contributed by atoms with E-state index in [1.54, 1.807) is 73.7 Å². The maximum absolute atomic E-state index is 13.0. The number of carbonyl (C=O) groups excluding carboxylic acids is 2. The lowest BCUT2D eigenvalue weighted by atomic mass is 10.1. The number of carbonyl (C=O) groups is 2. The molecular formula is C24H18ClNO4. The van der Waals surface area contributed by atoms with Crippen LogP contribution in [0.4, 0.5) is 5.69 Å². The van der Waals surface area contributed by atoms with Gasteiger partial charge in [-0.05, 0) is 31.2 Å². The summed E-state index contributed by atoms with van der Waals surface area (Å²) in [4.78, 5) is 25.9. The van der Waals surface area contributed by atoms with Crippen LogP contribution in [-0.4, -0.2) is 17.8 Å². The van der Waals surface area contributed by atoms with E-state index < -0.39 is 12.0 Å². The zero-order valence-corrected chi connectivity index (χ0v) is 16.8. The van der Waals surface area contributed by atoms with Gasteiger partial charge in [0.1, 0.15) is 11.3 Å². The molecule has 0 saturated carbocycles. The summed E-state index contributed by atoms with van der Waals surface area (Å²) in [6.07, 6.45) is -0.849. The Morgan fingerprint density at radius 1 is 0.933 bits per heavy atom. The van der Waals surface area contributed by atoms with Crippen LogP contribution in [0.5, 0.6) is 5.75 Å². The van der Waals surface area contributed by atoms with Crippen LogP contribution in [0.15, 0.2) is 83.3 Å². The molecule has 0 aliphatic carbocycles. The van der Waals surface area contributed by atoms with Crippen molar-refractivity contribution in [3.05, 3.63) is 95.2 Å². The van der Waals surface area contributed by atoms with Crippen molar-refractivity contribution in [2.75, 3.05) is 5.32 Å². The van der Waals surface area contributed by atoms with Crippen LogP contribution in [0.1, 0.15) is 23.0 Å². The van der Waals surface area contributed by atoms with Crippen LogP contribution in [-0.2, 0) is 4.79 Å². The number of para-hydroxylation sites is 2. The molecule has 0 spiro atoms. The maximum Gasteiger partial charge on any atom is 0.265 e. The molecule has 0 aliphatic rings. The monoisotopic (exact) mass is 419 g/mol. The molecule has 0 aliphatic heterocycles. The molecule has 4 rings (SSSR count). The second-order valence-corrected chi connectivity index (χ2v) is 7.08. The van der Waals surface area contributed by atoms with Gasteiger partial charge in [0.25, 0.3) is 5.91 Å². The minimum Gasteiger partial charge on any atom is -0.479 e. The van der Waals surface area contributed by atoms with Crippen molar-refractivity contribution in [2.24, 2.45) is 0 Å². The second-order valence-electron chi connectivity index (χ2n) is 6.68. The van der Waals surface area contributed by atoms with Crippen LogP contribution in [0.2, 0.25) is 5.02 Å². The number of halogens is 1. The molecule has 0 fully saturated rings. The molecular weight excluding hydrogens is 402 g/mol. The molecule has 1 aromatic heterocycles. The lowest BCUT2D eigenvalue weighted by Crippen LogP contribution is -2.30. The molecule has 1 heterocycles. The first-order valence-electron chi connectivity index (χ1n) is 9.38. The average Bonchev–Trinajstić information content (AvgIpc) is 3.13. The van der Waals surface area contributed by atoms with E-state index in [0.717, 1.165) is 0 Å². The van der Waals surface area contributed by atoms with Crippen LogP contribution in [0.3, 0.4) is 0 Å². The van der Waals surface area contributed by atoms with E-state index in [9.17, 15) is 9.59 Å². The van der Waals surface area contributed by atoms with Crippen molar-refractivity contribution in [3.8, 4) is 5.75 Å². The Labute approximate surface area is 178 Å². The number of benzene rings is 3. The highest BCUT2D eigenvalue weighted by Gasteiger charge is 2.25. The quantitative estimate of drug-likeness (QED) is 0.405. The summed E-state index contributed by atoms with van der Waals surface area (Å²) in [6.45, 7) is 1.61. The summed E-state index contributed by atoms with van der Waals surface area (Å²) in [5.41, 5.74) is 1.29. The molecule has 4 aromatic rings. The number of hydrogen-bond acceptors (Lipinski definition) is 4. The average molecular weight is 420 g/mol. The molecule has 1 amide bonds. The molecule has 0 radical (unpaired) electrons. The number of ketones is 1. The Kier molecular flexibility index (Phi) is 5.55. The summed E-state index contributed by atoms with van der Waals surface area (Å²) in [6, 6.07) is 22.8. The van der Waals surface area contributed by atoms with Gasteiger partial charge in [0.15, 0.2) is 11.9 Å². The summed E-state index contributed by atoms with van der Waals surface area (Å²) in [7, 11) is 0. The minimum absolute atomic E-state index is 0.0701.